The highest BCUT2D eigenvalue weighted by atomic mass is 35.5. The van der Waals surface area contributed by atoms with Crippen molar-refractivity contribution in [2.75, 3.05) is 30.3 Å². The highest BCUT2D eigenvalue weighted by molar-refractivity contribution is 6.36. The van der Waals surface area contributed by atoms with Crippen LogP contribution in [0.3, 0.4) is 0 Å². The summed E-state index contributed by atoms with van der Waals surface area (Å²) in [6, 6.07) is 10.9. The largest absolute Gasteiger partial charge is 0.324 e. The van der Waals surface area contributed by atoms with Crippen LogP contribution >= 0.6 is 23.2 Å². The second kappa shape index (κ2) is 11.2. The molecule has 2 rings (SSSR count). The summed E-state index contributed by atoms with van der Waals surface area (Å²) in [5.41, 5.74) is 3.47. The van der Waals surface area contributed by atoms with Gasteiger partial charge in [-0.3, -0.25) is 14.5 Å². The first-order valence-corrected chi connectivity index (χ1v) is 10.4. The molecule has 2 aromatic rings. The molecule has 7 heteroatoms. The highest BCUT2D eigenvalue weighted by Crippen LogP contribution is 2.25. The summed E-state index contributed by atoms with van der Waals surface area (Å²) in [5.74, 6) is -0.375. The van der Waals surface area contributed by atoms with E-state index in [4.69, 9.17) is 23.2 Å². The predicted octanol–water partition coefficient (Wildman–Crippen LogP) is 5.15. The van der Waals surface area contributed by atoms with Gasteiger partial charge in [0.1, 0.15) is 0 Å². The van der Waals surface area contributed by atoms with E-state index in [1.165, 1.54) is 0 Å². The molecule has 2 aromatic carbocycles. The molecule has 0 aliphatic heterocycles. The summed E-state index contributed by atoms with van der Waals surface area (Å²) < 4.78 is 0. The van der Waals surface area contributed by atoms with Crippen LogP contribution < -0.4 is 10.6 Å². The molecule has 2 amide bonds. The van der Waals surface area contributed by atoms with Crippen molar-refractivity contribution in [2.24, 2.45) is 0 Å². The van der Waals surface area contributed by atoms with Gasteiger partial charge >= 0.3 is 0 Å². The summed E-state index contributed by atoms with van der Waals surface area (Å²) in [5, 5.41) is 6.65. The second-order valence-corrected chi connectivity index (χ2v) is 7.74. The Morgan fingerprint density at radius 2 is 1.69 bits per heavy atom. The standard InChI is InChI=1S/C22H27Cl2N3O2/c1-4-11-27(13-20(28)25-19-10-9-17(23)12-18(19)24)14-21(29)26-22-15(3)7-6-8-16(22)5-2/h6-10,12H,4-5,11,13-14H2,1-3H3,(H,25,28)(H,26,29). The molecule has 0 bridgehead atoms. The van der Waals surface area contributed by atoms with Crippen molar-refractivity contribution in [3.8, 4) is 0 Å². The van der Waals surface area contributed by atoms with E-state index in [-0.39, 0.29) is 24.9 Å². The van der Waals surface area contributed by atoms with Crippen molar-refractivity contribution in [3.63, 3.8) is 0 Å². The van der Waals surface area contributed by atoms with Crippen LogP contribution in [0.4, 0.5) is 11.4 Å². The molecule has 29 heavy (non-hydrogen) atoms. The molecule has 0 heterocycles. The lowest BCUT2D eigenvalue weighted by molar-refractivity contribution is -0.120. The van der Waals surface area contributed by atoms with E-state index in [1.807, 2.05) is 36.9 Å². The number of carbonyl (C=O) groups is 2. The highest BCUT2D eigenvalue weighted by Gasteiger charge is 2.16. The van der Waals surface area contributed by atoms with Crippen molar-refractivity contribution in [1.82, 2.24) is 4.90 Å². The van der Waals surface area contributed by atoms with Crippen molar-refractivity contribution < 1.29 is 9.59 Å². The fourth-order valence-corrected chi connectivity index (χ4v) is 3.55. The van der Waals surface area contributed by atoms with Gasteiger partial charge in [0.15, 0.2) is 0 Å². The van der Waals surface area contributed by atoms with Crippen LogP contribution in [0.25, 0.3) is 0 Å². The van der Waals surface area contributed by atoms with Gasteiger partial charge < -0.3 is 10.6 Å². The molecule has 0 aliphatic carbocycles. The lowest BCUT2D eigenvalue weighted by Gasteiger charge is -2.21. The number of nitrogens with zero attached hydrogens (tertiary/aromatic N) is 1. The number of benzene rings is 2. The van der Waals surface area contributed by atoms with Crippen LogP contribution in [0.15, 0.2) is 36.4 Å². The molecule has 0 saturated carbocycles. The SMILES string of the molecule is CCCN(CC(=O)Nc1ccc(Cl)cc1Cl)CC(=O)Nc1c(C)cccc1CC. The third kappa shape index (κ3) is 7.03. The molecule has 0 aromatic heterocycles. The summed E-state index contributed by atoms with van der Waals surface area (Å²) in [6.45, 7) is 6.89. The van der Waals surface area contributed by atoms with Gasteiger partial charge in [-0.15, -0.1) is 0 Å². The molecule has 0 spiro atoms. The number of carbonyl (C=O) groups excluding carboxylic acids is 2. The summed E-state index contributed by atoms with van der Waals surface area (Å²) in [4.78, 5) is 26.9. The van der Waals surface area contributed by atoms with Crippen molar-refractivity contribution in [3.05, 3.63) is 57.6 Å². The van der Waals surface area contributed by atoms with E-state index in [1.54, 1.807) is 18.2 Å². The topological polar surface area (TPSA) is 61.4 Å². The molecule has 0 atom stereocenters. The van der Waals surface area contributed by atoms with E-state index in [9.17, 15) is 9.59 Å². The average Bonchev–Trinajstić information content (AvgIpc) is 2.65. The van der Waals surface area contributed by atoms with Gasteiger partial charge in [-0.25, -0.2) is 0 Å². The van der Waals surface area contributed by atoms with E-state index in [0.29, 0.717) is 22.3 Å². The molecule has 5 nitrogen and oxygen atoms in total. The van der Waals surface area contributed by atoms with Crippen molar-refractivity contribution in [2.45, 2.75) is 33.6 Å². The van der Waals surface area contributed by atoms with Crippen LogP contribution in [-0.2, 0) is 16.0 Å². The number of para-hydroxylation sites is 1. The number of anilines is 2. The number of aryl methyl sites for hydroxylation is 2. The third-order valence-corrected chi connectivity index (χ3v) is 5.03. The lowest BCUT2D eigenvalue weighted by atomic mass is 10.1. The Morgan fingerprint density at radius 1 is 1.00 bits per heavy atom. The van der Waals surface area contributed by atoms with Gasteiger partial charge in [-0.1, -0.05) is 55.2 Å². The fraction of sp³-hybridized carbons (Fsp3) is 0.364. The van der Waals surface area contributed by atoms with E-state index < -0.39 is 0 Å². The van der Waals surface area contributed by atoms with Crippen molar-refractivity contribution in [1.29, 1.82) is 0 Å². The van der Waals surface area contributed by atoms with Gasteiger partial charge in [0.05, 0.1) is 23.8 Å². The maximum Gasteiger partial charge on any atom is 0.238 e. The number of amides is 2. The maximum atomic E-state index is 12.6. The van der Waals surface area contributed by atoms with Gasteiger partial charge in [0.25, 0.3) is 0 Å². The smallest absolute Gasteiger partial charge is 0.238 e. The Bertz CT molecular complexity index is 871. The van der Waals surface area contributed by atoms with E-state index in [2.05, 4.69) is 17.6 Å². The molecule has 2 N–H and O–H groups in total. The minimum absolute atomic E-state index is 0.0919. The first-order chi connectivity index (χ1) is 13.8. The minimum Gasteiger partial charge on any atom is -0.324 e. The molecule has 0 radical (unpaired) electrons. The first-order valence-electron chi connectivity index (χ1n) is 9.69. The zero-order valence-corrected chi connectivity index (χ0v) is 18.5. The molecular weight excluding hydrogens is 409 g/mol. The molecule has 0 unspecified atom stereocenters. The fourth-order valence-electron chi connectivity index (χ4n) is 3.10. The van der Waals surface area contributed by atoms with Crippen molar-refractivity contribution >= 4 is 46.4 Å². The summed E-state index contributed by atoms with van der Waals surface area (Å²) in [7, 11) is 0. The molecule has 0 fully saturated rings. The first kappa shape index (κ1) is 23.2. The number of nitrogens with one attached hydrogen (secondary N) is 2. The monoisotopic (exact) mass is 435 g/mol. The van der Waals surface area contributed by atoms with E-state index >= 15 is 0 Å². The minimum atomic E-state index is -0.236. The maximum absolute atomic E-state index is 12.6. The van der Waals surface area contributed by atoms with Gasteiger partial charge in [-0.2, -0.15) is 0 Å². The Balaban J connectivity index is 2.00. The van der Waals surface area contributed by atoms with Crippen LogP contribution in [0.2, 0.25) is 10.0 Å². The third-order valence-electron chi connectivity index (χ3n) is 4.48. The van der Waals surface area contributed by atoms with Gasteiger partial charge in [0.2, 0.25) is 11.8 Å². The normalized spacial score (nSPS) is 10.8. The van der Waals surface area contributed by atoms with Crippen LogP contribution in [0, 0.1) is 6.92 Å². The number of hydrogen-bond acceptors (Lipinski definition) is 3. The second-order valence-electron chi connectivity index (χ2n) is 6.89. The number of hydrogen-bond donors (Lipinski definition) is 2. The molecule has 0 saturated heterocycles. The van der Waals surface area contributed by atoms with Crippen LogP contribution in [-0.4, -0.2) is 36.3 Å². The van der Waals surface area contributed by atoms with Crippen LogP contribution in [0.1, 0.15) is 31.4 Å². The Labute approximate surface area is 182 Å². The Morgan fingerprint density at radius 3 is 2.31 bits per heavy atom. The zero-order valence-electron chi connectivity index (χ0n) is 17.0. The quantitative estimate of drug-likeness (QED) is 0.571. The molecular formula is C22H27Cl2N3O2. The lowest BCUT2D eigenvalue weighted by Crippen LogP contribution is -2.39. The van der Waals surface area contributed by atoms with E-state index in [0.717, 1.165) is 29.7 Å². The molecule has 0 aliphatic rings. The van der Waals surface area contributed by atoms with Gasteiger partial charge in [-0.05, 0) is 55.6 Å². The number of halogens is 2. The predicted molar refractivity (Wildman–Crippen MR) is 121 cm³/mol. The van der Waals surface area contributed by atoms with Gasteiger partial charge in [0, 0.05) is 10.7 Å². The summed E-state index contributed by atoms with van der Waals surface area (Å²) >= 11 is 12.0. The molecule has 156 valence electrons. The Kier molecular flexibility index (Phi) is 8.96. The number of rotatable bonds is 9. The Hall–Kier alpha value is -2.08. The summed E-state index contributed by atoms with van der Waals surface area (Å²) in [6.07, 6.45) is 1.66. The van der Waals surface area contributed by atoms with Crippen LogP contribution in [0.5, 0.6) is 0 Å². The zero-order chi connectivity index (χ0) is 21.4. The average molecular weight is 436 g/mol.